The lowest BCUT2D eigenvalue weighted by Crippen LogP contribution is -2.14. The van der Waals surface area contributed by atoms with Gasteiger partial charge in [0, 0.05) is 24.4 Å². The van der Waals surface area contributed by atoms with Crippen molar-refractivity contribution < 1.29 is 23.0 Å². The largest absolute Gasteiger partial charge is 0.485 e. The molecule has 3 heterocycles. The Morgan fingerprint density at radius 1 is 1.17 bits per heavy atom. The van der Waals surface area contributed by atoms with Gasteiger partial charge in [-0.05, 0) is 27.1 Å². The minimum Gasteiger partial charge on any atom is -0.485 e. The number of carbonyl (C=O) groups excluding carboxylic acids is 1. The molecule has 0 saturated heterocycles. The third-order valence-electron chi connectivity index (χ3n) is 5.16. The average Bonchev–Trinajstić information content (AvgIpc) is 3.36. The molecule has 2 N–H and O–H groups in total. The number of alkyl halides is 2. The van der Waals surface area contributed by atoms with E-state index >= 15 is 0 Å². The van der Waals surface area contributed by atoms with Crippen LogP contribution in [0.4, 0.5) is 8.78 Å². The van der Waals surface area contributed by atoms with Crippen molar-refractivity contribution in [1.82, 2.24) is 19.3 Å². The van der Waals surface area contributed by atoms with Gasteiger partial charge >= 0.3 is 6.61 Å². The second kappa shape index (κ2) is 10.4. The number of thiophene rings is 1. The number of amides is 1. The number of rotatable bonds is 10. The highest BCUT2D eigenvalue weighted by molar-refractivity contribution is 7.15. The lowest BCUT2D eigenvalue weighted by Gasteiger charge is -2.18. The lowest BCUT2D eigenvalue weighted by atomic mass is 10.1. The van der Waals surface area contributed by atoms with E-state index in [0.29, 0.717) is 28.4 Å². The van der Waals surface area contributed by atoms with Crippen molar-refractivity contribution in [3.63, 3.8) is 0 Å². The number of nitrogens with two attached hydrogens (primary N) is 1. The summed E-state index contributed by atoms with van der Waals surface area (Å²) in [4.78, 5) is 24.1. The molecule has 1 atom stereocenters. The summed E-state index contributed by atoms with van der Waals surface area (Å²) in [5, 5.41) is 0. The SMILES string of the molecule is C[C@@H](Oc1cc(-c2cnc3cnc(CN(C)C)cn23)sc1CC(N)=O)c1ccccc1OC(F)F. The van der Waals surface area contributed by atoms with Crippen LogP contribution in [0.5, 0.6) is 11.5 Å². The molecule has 0 aliphatic rings. The number of imidazole rings is 1. The van der Waals surface area contributed by atoms with E-state index in [0.717, 1.165) is 16.3 Å². The molecule has 3 aromatic heterocycles. The van der Waals surface area contributed by atoms with Gasteiger partial charge < -0.3 is 20.1 Å². The quantitative estimate of drug-likeness (QED) is 0.348. The molecule has 4 rings (SSSR count). The summed E-state index contributed by atoms with van der Waals surface area (Å²) in [5.41, 5.74) is 8.30. The van der Waals surface area contributed by atoms with Crippen LogP contribution in [0.15, 0.2) is 48.9 Å². The van der Waals surface area contributed by atoms with E-state index in [1.54, 1.807) is 37.5 Å². The van der Waals surface area contributed by atoms with Gasteiger partial charge in [0.05, 0.1) is 40.0 Å². The van der Waals surface area contributed by atoms with Crippen LogP contribution in [0, 0.1) is 0 Å². The highest BCUT2D eigenvalue weighted by Gasteiger charge is 2.21. The van der Waals surface area contributed by atoms with Crippen LogP contribution in [0.1, 0.15) is 29.2 Å². The number of primary amides is 1. The molecule has 0 spiro atoms. The molecule has 0 aliphatic heterocycles. The maximum atomic E-state index is 12.9. The Hall–Kier alpha value is -3.57. The maximum absolute atomic E-state index is 12.9. The first-order chi connectivity index (χ1) is 16.7. The number of fused-ring (bicyclic) bond motifs is 1. The fraction of sp³-hybridized carbons (Fsp3) is 0.292. The standard InChI is InChI=1S/C24H25F2N5O3S/c1-14(16-6-4-5-7-18(16)34-24(25)26)33-19-8-20(35-21(19)9-22(27)32)17-10-29-23-11-28-15(12-30(2)3)13-31(17)23/h4-8,10-11,13-14,24H,9,12H2,1-3H3,(H2,27,32)/t14-/m1/s1. The van der Waals surface area contributed by atoms with E-state index in [9.17, 15) is 13.6 Å². The molecule has 0 fully saturated rings. The van der Waals surface area contributed by atoms with E-state index in [-0.39, 0.29) is 12.2 Å². The molecule has 1 amide bonds. The average molecular weight is 502 g/mol. The highest BCUT2D eigenvalue weighted by atomic mass is 32.1. The van der Waals surface area contributed by atoms with Gasteiger partial charge in [0.2, 0.25) is 5.91 Å². The second-order valence-electron chi connectivity index (χ2n) is 8.21. The number of carbonyl (C=O) groups is 1. The van der Waals surface area contributed by atoms with Crippen molar-refractivity contribution in [3.05, 3.63) is 65.1 Å². The van der Waals surface area contributed by atoms with Crippen LogP contribution in [-0.4, -0.2) is 45.9 Å². The highest BCUT2D eigenvalue weighted by Crippen LogP contribution is 2.40. The van der Waals surface area contributed by atoms with E-state index in [1.165, 1.54) is 17.4 Å². The predicted octanol–water partition coefficient (Wildman–Crippen LogP) is 4.29. The van der Waals surface area contributed by atoms with E-state index < -0.39 is 18.6 Å². The summed E-state index contributed by atoms with van der Waals surface area (Å²) in [6.45, 7) is -0.563. The van der Waals surface area contributed by atoms with Crippen molar-refractivity contribution in [2.45, 2.75) is 32.6 Å². The molecule has 8 nitrogen and oxygen atoms in total. The monoisotopic (exact) mass is 501 g/mol. The van der Waals surface area contributed by atoms with Crippen molar-refractivity contribution in [2.75, 3.05) is 14.1 Å². The van der Waals surface area contributed by atoms with Crippen LogP contribution in [0.2, 0.25) is 0 Å². The molecule has 0 aliphatic carbocycles. The zero-order chi connectivity index (χ0) is 25.1. The molecule has 0 bridgehead atoms. The summed E-state index contributed by atoms with van der Waals surface area (Å²) in [6, 6.07) is 8.26. The summed E-state index contributed by atoms with van der Waals surface area (Å²) in [7, 11) is 3.93. The molecule has 0 saturated carbocycles. The fourth-order valence-electron chi connectivity index (χ4n) is 3.71. The maximum Gasteiger partial charge on any atom is 0.387 e. The van der Waals surface area contributed by atoms with Crippen molar-refractivity contribution in [1.29, 1.82) is 0 Å². The van der Waals surface area contributed by atoms with Crippen molar-refractivity contribution in [3.8, 4) is 22.1 Å². The van der Waals surface area contributed by atoms with Crippen LogP contribution in [0.25, 0.3) is 16.2 Å². The number of para-hydroxylation sites is 1. The van der Waals surface area contributed by atoms with Crippen molar-refractivity contribution >= 4 is 22.9 Å². The second-order valence-corrected chi connectivity index (χ2v) is 9.34. The topological polar surface area (TPSA) is 95.0 Å². The van der Waals surface area contributed by atoms with Gasteiger partial charge in [-0.2, -0.15) is 8.78 Å². The van der Waals surface area contributed by atoms with E-state index in [4.69, 9.17) is 10.5 Å². The Kier molecular flexibility index (Phi) is 7.27. The van der Waals surface area contributed by atoms with Crippen LogP contribution in [0.3, 0.4) is 0 Å². The number of ether oxygens (including phenoxy) is 2. The van der Waals surface area contributed by atoms with Crippen molar-refractivity contribution in [2.24, 2.45) is 5.73 Å². The molecular formula is C24H25F2N5O3S. The fourth-order valence-corrected chi connectivity index (χ4v) is 4.82. The molecule has 0 radical (unpaired) electrons. The number of hydrogen-bond acceptors (Lipinski definition) is 7. The Morgan fingerprint density at radius 3 is 2.66 bits per heavy atom. The van der Waals surface area contributed by atoms with Gasteiger partial charge in [-0.1, -0.05) is 18.2 Å². The Morgan fingerprint density at radius 2 is 1.94 bits per heavy atom. The Labute approximate surface area is 204 Å². The number of benzene rings is 1. The van der Waals surface area contributed by atoms with Gasteiger partial charge in [0.25, 0.3) is 0 Å². The minimum absolute atomic E-state index is 0.0218. The first kappa shape index (κ1) is 24.6. The van der Waals surface area contributed by atoms with Gasteiger partial charge in [0.15, 0.2) is 5.65 Å². The summed E-state index contributed by atoms with van der Waals surface area (Å²) >= 11 is 1.36. The first-order valence-corrected chi connectivity index (χ1v) is 11.6. The third kappa shape index (κ3) is 5.75. The smallest absolute Gasteiger partial charge is 0.387 e. The number of aromatic nitrogens is 3. The number of hydrogen-bond donors (Lipinski definition) is 1. The van der Waals surface area contributed by atoms with Crippen LogP contribution in [-0.2, 0) is 17.8 Å². The molecule has 35 heavy (non-hydrogen) atoms. The zero-order valence-corrected chi connectivity index (χ0v) is 20.3. The normalized spacial score (nSPS) is 12.4. The summed E-state index contributed by atoms with van der Waals surface area (Å²) < 4.78 is 38.4. The number of halogens is 2. The van der Waals surface area contributed by atoms with Gasteiger partial charge in [-0.15, -0.1) is 11.3 Å². The van der Waals surface area contributed by atoms with Gasteiger partial charge in [-0.3, -0.25) is 14.2 Å². The van der Waals surface area contributed by atoms with Crippen LogP contribution >= 0.6 is 11.3 Å². The predicted molar refractivity (Wildman–Crippen MR) is 129 cm³/mol. The molecule has 4 aromatic rings. The van der Waals surface area contributed by atoms with Crippen LogP contribution < -0.4 is 15.2 Å². The zero-order valence-electron chi connectivity index (χ0n) is 19.4. The summed E-state index contributed by atoms with van der Waals surface area (Å²) in [6.07, 6.45) is 4.71. The van der Waals surface area contributed by atoms with Gasteiger partial charge in [-0.25, -0.2) is 4.98 Å². The summed E-state index contributed by atoms with van der Waals surface area (Å²) in [5.74, 6) is -0.0294. The molecule has 1 aromatic carbocycles. The van der Waals surface area contributed by atoms with E-state index in [1.807, 2.05) is 35.7 Å². The molecular weight excluding hydrogens is 476 g/mol. The molecule has 0 unspecified atom stereocenters. The van der Waals surface area contributed by atoms with E-state index in [2.05, 4.69) is 14.7 Å². The minimum atomic E-state index is -2.96. The Balaban J connectivity index is 1.70. The lowest BCUT2D eigenvalue weighted by molar-refractivity contribution is -0.117. The molecule has 11 heteroatoms. The molecule has 184 valence electrons. The first-order valence-electron chi connectivity index (χ1n) is 10.8. The Bertz CT molecular complexity index is 1340. The third-order valence-corrected chi connectivity index (χ3v) is 6.30. The number of nitrogens with zero attached hydrogens (tertiary/aromatic N) is 4. The van der Waals surface area contributed by atoms with Gasteiger partial charge in [0.1, 0.15) is 17.6 Å².